The predicted octanol–water partition coefficient (Wildman–Crippen LogP) is 1.53. The molecule has 0 atom stereocenters. The summed E-state index contributed by atoms with van der Waals surface area (Å²) in [5.74, 6) is 0. The van der Waals surface area contributed by atoms with E-state index < -0.39 is 0 Å². The first-order chi connectivity index (χ1) is 7.90. The Labute approximate surface area is 95.1 Å². The van der Waals surface area contributed by atoms with Gasteiger partial charge in [0, 0.05) is 19.6 Å². The highest BCUT2D eigenvalue weighted by molar-refractivity contribution is 5.72. The fourth-order valence-corrected chi connectivity index (χ4v) is 1.60. The van der Waals surface area contributed by atoms with Crippen molar-refractivity contribution >= 4 is 11.1 Å². The smallest absolute Gasteiger partial charge is 0.181 e. The largest absolute Gasteiger partial charge is 0.443 e. The minimum absolute atomic E-state index is 0.853. The molecule has 2 N–H and O–H groups in total. The predicted molar refractivity (Wildman–Crippen MR) is 64.3 cm³/mol. The zero-order valence-corrected chi connectivity index (χ0v) is 9.49. The van der Waals surface area contributed by atoms with Gasteiger partial charge >= 0.3 is 0 Å². The summed E-state index contributed by atoms with van der Waals surface area (Å²) in [5, 5.41) is 6.64. The van der Waals surface area contributed by atoms with Gasteiger partial charge in [0.15, 0.2) is 12.0 Å². The van der Waals surface area contributed by atoms with Gasteiger partial charge in [-0.15, -0.1) is 0 Å². The van der Waals surface area contributed by atoms with Gasteiger partial charge in [-0.05, 0) is 24.2 Å². The lowest BCUT2D eigenvalue weighted by atomic mass is 10.2. The van der Waals surface area contributed by atoms with Crippen molar-refractivity contribution in [3.8, 4) is 0 Å². The number of aromatic nitrogens is 1. The van der Waals surface area contributed by atoms with Crippen LogP contribution in [0.2, 0.25) is 0 Å². The summed E-state index contributed by atoms with van der Waals surface area (Å²) in [4.78, 5) is 4.08. The van der Waals surface area contributed by atoms with Crippen molar-refractivity contribution in [1.29, 1.82) is 0 Å². The Balaban J connectivity index is 1.84. The van der Waals surface area contributed by atoms with Crippen LogP contribution in [0.25, 0.3) is 11.1 Å². The number of benzene rings is 1. The highest BCUT2D eigenvalue weighted by Crippen LogP contribution is 2.13. The van der Waals surface area contributed by atoms with Gasteiger partial charge in [0.25, 0.3) is 0 Å². The van der Waals surface area contributed by atoms with Crippen molar-refractivity contribution in [1.82, 2.24) is 15.6 Å². The quantitative estimate of drug-likeness (QED) is 0.723. The van der Waals surface area contributed by atoms with E-state index in [0.29, 0.717) is 0 Å². The van der Waals surface area contributed by atoms with Gasteiger partial charge in [0.2, 0.25) is 0 Å². The summed E-state index contributed by atoms with van der Waals surface area (Å²) in [6.07, 6.45) is 1.48. The number of fused-ring (bicyclic) bond motifs is 1. The Kier molecular flexibility index (Phi) is 3.91. The highest BCUT2D eigenvalue weighted by Gasteiger charge is 1.99. The van der Waals surface area contributed by atoms with E-state index in [1.54, 1.807) is 0 Å². The van der Waals surface area contributed by atoms with E-state index in [2.05, 4.69) is 28.6 Å². The van der Waals surface area contributed by atoms with Gasteiger partial charge in [-0.3, -0.25) is 0 Å². The summed E-state index contributed by atoms with van der Waals surface area (Å²) in [6.45, 7) is 5.97. The molecule has 0 saturated heterocycles. The maximum absolute atomic E-state index is 5.25. The standard InChI is InChI=1S/C12H17N3O/c1-2-13-5-6-14-8-10-3-4-11-12(7-10)16-9-15-11/h3-4,7,9,13-14H,2,5-6,8H2,1H3. The number of likely N-dealkylation sites (N-methyl/N-ethyl adjacent to an activating group) is 1. The Morgan fingerprint density at radius 3 is 3.00 bits per heavy atom. The number of hydrogen-bond acceptors (Lipinski definition) is 4. The second kappa shape index (κ2) is 5.63. The number of rotatable bonds is 6. The van der Waals surface area contributed by atoms with Gasteiger partial charge < -0.3 is 15.1 Å². The molecule has 0 aliphatic carbocycles. The monoisotopic (exact) mass is 219 g/mol. The second-order valence-corrected chi connectivity index (χ2v) is 3.68. The molecule has 0 radical (unpaired) electrons. The van der Waals surface area contributed by atoms with Crippen molar-refractivity contribution in [2.75, 3.05) is 19.6 Å². The normalized spacial score (nSPS) is 11.1. The maximum atomic E-state index is 5.25. The molecule has 0 spiro atoms. The van der Waals surface area contributed by atoms with E-state index in [1.807, 2.05) is 12.1 Å². The van der Waals surface area contributed by atoms with Crippen LogP contribution in [0.5, 0.6) is 0 Å². The first-order valence-electron chi connectivity index (χ1n) is 5.63. The molecule has 1 aromatic carbocycles. The number of nitrogens with one attached hydrogen (secondary N) is 2. The van der Waals surface area contributed by atoms with Crippen molar-refractivity contribution < 1.29 is 4.42 Å². The van der Waals surface area contributed by atoms with E-state index in [-0.39, 0.29) is 0 Å². The van der Waals surface area contributed by atoms with Crippen molar-refractivity contribution in [3.05, 3.63) is 30.2 Å². The van der Waals surface area contributed by atoms with Crippen LogP contribution in [0.15, 0.2) is 29.0 Å². The van der Waals surface area contributed by atoms with Crippen LogP contribution in [0.4, 0.5) is 0 Å². The minimum atomic E-state index is 0.853. The summed E-state index contributed by atoms with van der Waals surface area (Å²) < 4.78 is 5.25. The molecule has 0 aliphatic heterocycles. The van der Waals surface area contributed by atoms with Crippen molar-refractivity contribution in [2.24, 2.45) is 0 Å². The molecule has 0 amide bonds. The molecule has 0 aliphatic rings. The first kappa shape index (κ1) is 11.1. The molecule has 2 aromatic rings. The molecule has 0 fully saturated rings. The molecule has 0 bridgehead atoms. The Hall–Kier alpha value is -1.39. The van der Waals surface area contributed by atoms with Crippen LogP contribution >= 0.6 is 0 Å². The maximum Gasteiger partial charge on any atom is 0.181 e. The zero-order chi connectivity index (χ0) is 11.2. The van der Waals surface area contributed by atoms with Crippen LogP contribution < -0.4 is 10.6 Å². The molecular weight excluding hydrogens is 202 g/mol. The van der Waals surface area contributed by atoms with E-state index in [0.717, 1.165) is 37.3 Å². The topological polar surface area (TPSA) is 50.1 Å². The fraction of sp³-hybridized carbons (Fsp3) is 0.417. The van der Waals surface area contributed by atoms with Gasteiger partial charge in [0.05, 0.1) is 0 Å². The zero-order valence-electron chi connectivity index (χ0n) is 9.49. The first-order valence-corrected chi connectivity index (χ1v) is 5.63. The molecule has 2 rings (SSSR count). The van der Waals surface area contributed by atoms with Crippen LogP contribution in [0.1, 0.15) is 12.5 Å². The summed E-state index contributed by atoms with van der Waals surface area (Å²) in [6, 6.07) is 6.09. The van der Waals surface area contributed by atoms with E-state index in [4.69, 9.17) is 4.42 Å². The average molecular weight is 219 g/mol. The Morgan fingerprint density at radius 1 is 1.25 bits per heavy atom. The van der Waals surface area contributed by atoms with E-state index in [1.165, 1.54) is 12.0 Å². The van der Waals surface area contributed by atoms with Gasteiger partial charge in [-0.2, -0.15) is 0 Å². The third kappa shape index (κ3) is 2.81. The van der Waals surface area contributed by atoms with Gasteiger partial charge in [-0.1, -0.05) is 13.0 Å². The van der Waals surface area contributed by atoms with E-state index in [9.17, 15) is 0 Å². The molecular formula is C12H17N3O. The molecule has 0 unspecified atom stereocenters. The fourth-order valence-electron chi connectivity index (χ4n) is 1.60. The van der Waals surface area contributed by atoms with Crippen molar-refractivity contribution in [2.45, 2.75) is 13.5 Å². The molecule has 86 valence electrons. The lowest BCUT2D eigenvalue weighted by Gasteiger charge is -2.04. The summed E-state index contributed by atoms with van der Waals surface area (Å²) >= 11 is 0. The lowest BCUT2D eigenvalue weighted by molar-refractivity contribution is 0.599. The summed E-state index contributed by atoms with van der Waals surface area (Å²) in [7, 11) is 0. The van der Waals surface area contributed by atoms with Crippen LogP contribution in [0.3, 0.4) is 0 Å². The molecule has 16 heavy (non-hydrogen) atoms. The Morgan fingerprint density at radius 2 is 2.12 bits per heavy atom. The Bertz CT molecular complexity index is 439. The van der Waals surface area contributed by atoms with Crippen LogP contribution in [-0.2, 0) is 6.54 Å². The van der Waals surface area contributed by atoms with Gasteiger partial charge in [-0.25, -0.2) is 4.98 Å². The third-order valence-electron chi connectivity index (χ3n) is 2.45. The second-order valence-electron chi connectivity index (χ2n) is 3.68. The molecule has 1 heterocycles. The number of nitrogens with zero attached hydrogens (tertiary/aromatic N) is 1. The lowest BCUT2D eigenvalue weighted by Crippen LogP contribution is -2.26. The molecule has 4 heteroatoms. The SMILES string of the molecule is CCNCCNCc1ccc2ncoc2c1. The number of hydrogen-bond donors (Lipinski definition) is 2. The van der Waals surface area contributed by atoms with Crippen LogP contribution in [0, 0.1) is 0 Å². The number of oxazole rings is 1. The van der Waals surface area contributed by atoms with Crippen LogP contribution in [-0.4, -0.2) is 24.6 Å². The molecule has 4 nitrogen and oxygen atoms in total. The average Bonchev–Trinajstić information content (AvgIpc) is 2.76. The van der Waals surface area contributed by atoms with Gasteiger partial charge in [0.1, 0.15) is 5.52 Å². The summed E-state index contributed by atoms with van der Waals surface area (Å²) in [5.41, 5.74) is 2.99. The van der Waals surface area contributed by atoms with Crippen molar-refractivity contribution in [3.63, 3.8) is 0 Å². The minimum Gasteiger partial charge on any atom is -0.443 e. The highest BCUT2D eigenvalue weighted by atomic mass is 16.3. The molecule has 0 saturated carbocycles. The third-order valence-corrected chi connectivity index (χ3v) is 2.45. The van der Waals surface area contributed by atoms with E-state index >= 15 is 0 Å². The molecule has 1 aromatic heterocycles.